The summed E-state index contributed by atoms with van der Waals surface area (Å²) in [6.45, 7) is 4.05. The van der Waals surface area contributed by atoms with Gasteiger partial charge in [0.15, 0.2) is 11.4 Å². The van der Waals surface area contributed by atoms with Crippen molar-refractivity contribution in [3.8, 4) is 0 Å². The molecule has 0 spiro atoms. The van der Waals surface area contributed by atoms with Crippen LogP contribution >= 0.6 is 0 Å². The van der Waals surface area contributed by atoms with Crippen molar-refractivity contribution in [1.29, 1.82) is 0 Å². The van der Waals surface area contributed by atoms with Crippen LogP contribution in [0, 0.1) is 12.8 Å². The molecule has 2 aliphatic rings. The highest BCUT2D eigenvalue weighted by atomic mass is 16.5. The molecule has 0 radical (unpaired) electrons. The average molecular weight is 395 g/mol. The van der Waals surface area contributed by atoms with Crippen LogP contribution in [0.2, 0.25) is 0 Å². The lowest BCUT2D eigenvalue weighted by molar-refractivity contribution is 0.0375. The topological polar surface area (TPSA) is 105 Å². The quantitative estimate of drug-likeness (QED) is 0.705. The highest BCUT2D eigenvalue weighted by molar-refractivity contribution is 6.04. The zero-order valence-corrected chi connectivity index (χ0v) is 16.0. The first-order valence-corrected chi connectivity index (χ1v) is 9.64. The second kappa shape index (κ2) is 7.00. The van der Waals surface area contributed by atoms with Gasteiger partial charge in [-0.2, -0.15) is 5.10 Å². The molecule has 5 rings (SSSR count). The summed E-state index contributed by atoms with van der Waals surface area (Å²) in [5, 5.41) is 11.8. The molecule has 150 valence electrons. The number of amides is 2. The molecule has 2 aliphatic heterocycles. The lowest BCUT2D eigenvalue weighted by Crippen LogP contribution is -2.48. The molecule has 0 unspecified atom stereocenters. The molecule has 0 saturated carbocycles. The first-order chi connectivity index (χ1) is 14.1. The van der Waals surface area contributed by atoms with Gasteiger partial charge in [-0.05, 0) is 13.0 Å². The number of aryl methyl sites for hydroxylation is 1. The van der Waals surface area contributed by atoms with E-state index in [1.54, 1.807) is 17.9 Å². The van der Waals surface area contributed by atoms with Crippen molar-refractivity contribution >= 4 is 22.7 Å². The van der Waals surface area contributed by atoms with Gasteiger partial charge < -0.3 is 19.1 Å². The van der Waals surface area contributed by atoms with Crippen LogP contribution in [0.25, 0.3) is 10.9 Å². The molecular weight excluding hydrogens is 374 g/mol. The van der Waals surface area contributed by atoms with Gasteiger partial charge in [-0.25, -0.2) is 0 Å². The van der Waals surface area contributed by atoms with Gasteiger partial charge in [-0.3, -0.25) is 14.7 Å². The normalized spacial score (nSPS) is 22.0. The van der Waals surface area contributed by atoms with E-state index in [1.807, 2.05) is 29.2 Å². The molecule has 9 nitrogen and oxygen atoms in total. The van der Waals surface area contributed by atoms with Crippen molar-refractivity contribution in [2.45, 2.75) is 13.0 Å². The van der Waals surface area contributed by atoms with Crippen LogP contribution in [-0.4, -0.2) is 75.9 Å². The Hall–Kier alpha value is -3.20. The van der Waals surface area contributed by atoms with E-state index in [2.05, 4.69) is 15.4 Å². The lowest BCUT2D eigenvalue weighted by atomic mass is 10.1. The summed E-state index contributed by atoms with van der Waals surface area (Å²) in [5.74, 6) is 0.287. The molecule has 1 N–H and O–H groups in total. The standard InChI is InChI=1S/C20H21N5O4/c1-12-6-17(23-29-12)19(26)24-7-13-8-25(14(9-24)11-28-10-13)20(27)18-15-4-2-3-5-16(15)21-22-18/h2-6,13-14H,7-11H2,1H3,(H,21,22)/t13-,14-/m0/s1. The minimum atomic E-state index is -0.248. The van der Waals surface area contributed by atoms with Crippen LogP contribution in [0.15, 0.2) is 34.9 Å². The molecule has 2 bridgehead atoms. The van der Waals surface area contributed by atoms with Crippen LogP contribution in [0.5, 0.6) is 0 Å². The molecule has 2 amide bonds. The number of benzene rings is 1. The average Bonchev–Trinajstić information content (AvgIpc) is 3.22. The van der Waals surface area contributed by atoms with Gasteiger partial charge in [0, 0.05) is 37.0 Å². The van der Waals surface area contributed by atoms with Crippen molar-refractivity contribution in [1.82, 2.24) is 25.2 Å². The molecule has 3 aromatic rings. The van der Waals surface area contributed by atoms with E-state index in [4.69, 9.17) is 9.26 Å². The zero-order chi connectivity index (χ0) is 20.0. The summed E-state index contributed by atoms with van der Waals surface area (Å²) < 4.78 is 10.8. The molecule has 29 heavy (non-hydrogen) atoms. The fourth-order valence-electron chi connectivity index (χ4n) is 4.15. The Bertz CT molecular complexity index is 1070. The van der Waals surface area contributed by atoms with Gasteiger partial charge in [-0.15, -0.1) is 0 Å². The monoisotopic (exact) mass is 395 g/mol. The van der Waals surface area contributed by atoms with E-state index in [1.165, 1.54) is 0 Å². The lowest BCUT2D eigenvalue weighted by Gasteiger charge is -2.30. The van der Waals surface area contributed by atoms with E-state index < -0.39 is 0 Å². The number of carbonyl (C=O) groups excluding carboxylic acids is 2. The van der Waals surface area contributed by atoms with Crippen LogP contribution in [0.3, 0.4) is 0 Å². The van der Waals surface area contributed by atoms with Crippen molar-refractivity contribution in [3.05, 3.63) is 47.5 Å². The number of rotatable bonds is 2. The van der Waals surface area contributed by atoms with Gasteiger partial charge in [0.1, 0.15) is 5.76 Å². The van der Waals surface area contributed by atoms with Gasteiger partial charge in [0.25, 0.3) is 11.8 Å². The van der Waals surface area contributed by atoms with Gasteiger partial charge in [0.05, 0.1) is 24.8 Å². The number of nitrogens with one attached hydrogen (secondary N) is 1. The van der Waals surface area contributed by atoms with E-state index in [-0.39, 0.29) is 23.8 Å². The fourth-order valence-corrected chi connectivity index (χ4v) is 4.15. The van der Waals surface area contributed by atoms with Crippen LogP contribution in [0.4, 0.5) is 0 Å². The SMILES string of the molecule is Cc1cc(C(=O)N2C[C@@H]3COC[C@H](C2)N(C(=O)c2n[nH]c4ccccc24)C3)no1. The Balaban J connectivity index is 1.43. The number of hydrogen-bond donors (Lipinski definition) is 1. The molecule has 2 aromatic heterocycles. The largest absolute Gasteiger partial charge is 0.379 e. The Labute approximate surface area is 166 Å². The second-order valence-corrected chi connectivity index (χ2v) is 7.67. The number of nitrogens with zero attached hydrogens (tertiary/aromatic N) is 4. The summed E-state index contributed by atoms with van der Waals surface area (Å²) >= 11 is 0. The van der Waals surface area contributed by atoms with Crippen molar-refractivity contribution in [2.75, 3.05) is 32.8 Å². The van der Waals surface area contributed by atoms with Gasteiger partial charge in [-0.1, -0.05) is 23.4 Å². The number of hydrogen-bond acceptors (Lipinski definition) is 6. The second-order valence-electron chi connectivity index (χ2n) is 7.67. The van der Waals surface area contributed by atoms with E-state index in [0.29, 0.717) is 50.0 Å². The Morgan fingerprint density at radius 3 is 2.83 bits per heavy atom. The summed E-state index contributed by atoms with van der Waals surface area (Å²) in [7, 11) is 0. The predicted molar refractivity (Wildman–Crippen MR) is 102 cm³/mol. The number of H-pyrrole nitrogens is 1. The van der Waals surface area contributed by atoms with Gasteiger partial charge >= 0.3 is 0 Å². The molecule has 2 saturated heterocycles. The maximum Gasteiger partial charge on any atom is 0.276 e. The molecule has 9 heteroatoms. The molecule has 2 atom stereocenters. The molecule has 1 aromatic carbocycles. The third kappa shape index (κ3) is 3.17. The van der Waals surface area contributed by atoms with Gasteiger partial charge in [0.2, 0.25) is 0 Å². The minimum absolute atomic E-state index is 0.0219. The number of ether oxygens (including phenoxy) is 1. The number of aromatic nitrogens is 3. The maximum atomic E-state index is 13.4. The third-order valence-electron chi connectivity index (χ3n) is 5.54. The Kier molecular flexibility index (Phi) is 4.31. The summed E-state index contributed by atoms with van der Waals surface area (Å²) in [6.07, 6.45) is 0. The van der Waals surface area contributed by atoms with E-state index in [0.717, 1.165) is 10.9 Å². The third-order valence-corrected chi connectivity index (χ3v) is 5.54. The van der Waals surface area contributed by atoms with Crippen molar-refractivity contribution in [3.63, 3.8) is 0 Å². The zero-order valence-electron chi connectivity index (χ0n) is 16.0. The van der Waals surface area contributed by atoms with Crippen LogP contribution in [0.1, 0.15) is 26.7 Å². The van der Waals surface area contributed by atoms with E-state index >= 15 is 0 Å². The molecule has 2 fully saturated rings. The minimum Gasteiger partial charge on any atom is -0.379 e. The fraction of sp³-hybridized carbons (Fsp3) is 0.400. The van der Waals surface area contributed by atoms with Crippen LogP contribution in [-0.2, 0) is 4.74 Å². The summed E-state index contributed by atoms with van der Waals surface area (Å²) in [4.78, 5) is 29.9. The highest BCUT2D eigenvalue weighted by Gasteiger charge is 2.39. The summed E-state index contributed by atoms with van der Waals surface area (Å²) in [5.41, 5.74) is 1.51. The predicted octanol–water partition coefficient (Wildman–Crippen LogP) is 1.47. The molecule has 0 aliphatic carbocycles. The first kappa shape index (κ1) is 17.9. The Morgan fingerprint density at radius 1 is 1.14 bits per heavy atom. The van der Waals surface area contributed by atoms with Crippen molar-refractivity contribution in [2.24, 2.45) is 5.92 Å². The molecule has 4 heterocycles. The summed E-state index contributed by atoms with van der Waals surface area (Å²) in [6, 6.07) is 8.95. The van der Waals surface area contributed by atoms with Crippen LogP contribution < -0.4 is 0 Å². The Morgan fingerprint density at radius 2 is 2.00 bits per heavy atom. The first-order valence-electron chi connectivity index (χ1n) is 9.64. The maximum absolute atomic E-state index is 13.4. The number of fused-ring (bicyclic) bond motifs is 4. The van der Waals surface area contributed by atoms with Crippen molar-refractivity contribution < 1.29 is 18.8 Å². The number of para-hydroxylation sites is 1. The molecular formula is C20H21N5O4. The smallest absolute Gasteiger partial charge is 0.276 e. The van der Waals surface area contributed by atoms with E-state index in [9.17, 15) is 9.59 Å². The number of aromatic amines is 1. The number of carbonyl (C=O) groups is 2. The highest BCUT2D eigenvalue weighted by Crippen LogP contribution is 2.25.